The highest BCUT2D eigenvalue weighted by Gasteiger charge is 2.15. The Morgan fingerprint density at radius 1 is 1.10 bits per heavy atom. The fourth-order valence-corrected chi connectivity index (χ4v) is 3.37. The molecule has 0 unspecified atom stereocenters. The van der Waals surface area contributed by atoms with Crippen molar-refractivity contribution in [3.05, 3.63) is 47.5 Å². The van der Waals surface area contributed by atoms with Crippen molar-refractivity contribution in [1.29, 1.82) is 0 Å². The minimum atomic E-state index is -0.0589. The van der Waals surface area contributed by atoms with E-state index in [1.165, 1.54) is 6.92 Å². The third-order valence-corrected chi connectivity index (χ3v) is 4.88. The lowest BCUT2D eigenvalue weighted by Gasteiger charge is -2.08. The molecule has 0 radical (unpaired) electrons. The number of hydrogen-bond acceptors (Lipinski definition) is 4. The quantitative estimate of drug-likeness (QED) is 0.506. The van der Waals surface area contributed by atoms with Crippen LogP contribution in [0.2, 0.25) is 0 Å². The zero-order valence-electron chi connectivity index (χ0n) is 17.7. The molecule has 3 N–H and O–H groups in total. The summed E-state index contributed by atoms with van der Waals surface area (Å²) in [6, 6.07) is 11.9. The van der Waals surface area contributed by atoms with E-state index in [-0.39, 0.29) is 11.8 Å². The number of benzene rings is 1. The van der Waals surface area contributed by atoms with Crippen molar-refractivity contribution in [3.8, 4) is 17.1 Å². The maximum absolute atomic E-state index is 11.7. The van der Waals surface area contributed by atoms with Crippen LogP contribution < -0.4 is 15.4 Å². The highest BCUT2D eigenvalue weighted by Crippen LogP contribution is 2.31. The van der Waals surface area contributed by atoms with E-state index < -0.39 is 0 Å². The third-order valence-electron chi connectivity index (χ3n) is 4.88. The lowest BCUT2D eigenvalue weighted by atomic mass is 10.0. The van der Waals surface area contributed by atoms with Crippen LogP contribution in [0.5, 0.6) is 5.88 Å². The van der Waals surface area contributed by atoms with E-state index >= 15 is 0 Å². The van der Waals surface area contributed by atoms with Crippen LogP contribution in [0.4, 0.5) is 0 Å². The van der Waals surface area contributed by atoms with E-state index in [9.17, 15) is 9.59 Å². The molecule has 0 aliphatic carbocycles. The number of aromatic amines is 1. The van der Waals surface area contributed by atoms with E-state index in [1.807, 2.05) is 43.3 Å². The zero-order valence-corrected chi connectivity index (χ0v) is 17.7. The van der Waals surface area contributed by atoms with Gasteiger partial charge in [-0.15, -0.1) is 0 Å². The van der Waals surface area contributed by atoms with Crippen LogP contribution in [0.25, 0.3) is 22.3 Å². The second-order valence-electron chi connectivity index (χ2n) is 7.18. The van der Waals surface area contributed by atoms with Crippen molar-refractivity contribution in [3.63, 3.8) is 0 Å². The first-order chi connectivity index (χ1) is 14.5. The number of amides is 2. The number of nitrogens with one attached hydrogen (secondary N) is 3. The van der Waals surface area contributed by atoms with Gasteiger partial charge in [0.25, 0.3) is 0 Å². The number of hydrogen-bond donors (Lipinski definition) is 3. The molecule has 0 aliphatic rings. The summed E-state index contributed by atoms with van der Waals surface area (Å²) in [4.78, 5) is 31.0. The summed E-state index contributed by atoms with van der Waals surface area (Å²) in [6.07, 6.45) is 2.02. The molecule has 0 saturated carbocycles. The van der Waals surface area contributed by atoms with Gasteiger partial charge in [-0.25, -0.2) is 4.98 Å². The number of rotatable bonds is 9. The minimum absolute atomic E-state index is 0.0589. The summed E-state index contributed by atoms with van der Waals surface area (Å²) in [5, 5.41) is 5.78. The Morgan fingerprint density at radius 3 is 2.53 bits per heavy atom. The van der Waals surface area contributed by atoms with Crippen molar-refractivity contribution < 1.29 is 14.3 Å². The molecular weight excluding hydrogens is 380 g/mol. The molecule has 0 fully saturated rings. The molecule has 2 heterocycles. The van der Waals surface area contributed by atoms with Crippen LogP contribution in [-0.4, -0.2) is 35.4 Å². The van der Waals surface area contributed by atoms with Crippen molar-refractivity contribution in [2.75, 3.05) is 13.7 Å². The average Bonchev–Trinajstić information content (AvgIpc) is 3.10. The molecule has 2 amide bonds. The molecule has 0 aliphatic heterocycles. The lowest BCUT2D eigenvalue weighted by Crippen LogP contribution is -2.22. The van der Waals surface area contributed by atoms with Gasteiger partial charge in [-0.05, 0) is 30.0 Å². The molecule has 3 aromatic rings. The number of methoxy groups -OCH3 is 1. The van der Waals surface area contributed by atoms with Gasteiger partial charge < -0.3 is 20.4 Å². The number of carbonyl (C=O) groups excluding carboxylic acids is 2. The first kappa shape index (κ1) is 21.4. The van der Waals surface area contributed by atoms with Crippen LogP contribution in [0, 0.1) is 0 Å². The monoisotopic (exact) mass is 408 g/mol. The number of ether oxygens (including phenoxy) is 1. The topological polar surface area (TPSA) is 96.1 Å². The number of nitrogens with zero attached hydrogens (tertiary/aromatic N) is 1. The van der Waals surface area contributed by atoms with E-state index in [1.54, 1.807) is 7.11 Å². The van der Waals surface area contributed by atoms with Crippen LogP contribution in [-0.2, 0) is 22.6 Å². The summed E-state index contributed by atoms with van der Waals surface area (Å²) in [5.74, 6) is 0.556. The second kappa shape index (κ2) is 9.91. The number of pyridine rings is 1. The first-order valence-corrected chi connectivity index (χ1v) is 10.2. The molecule has 3 rings (SSSR count). The van der Waals surface area contributed by atoms with Crippen LogP contribution in [0.15, 0.2) is 36.4 Å². The number of H-pyrrole nitrogens is 1. The number of carbonyl (C=O) groups is 2. The summed E-state index contributed by atoms with van der Waals surface area (Å²) >= 11 is 0. The maximum atomic E-state index is 11.7. The highest BCUT2D eigenvalue weighted by atomic mass is 16.5. The predicted octanol–water partition coefficient (Wildman–Crippen LogP) is 3.33. The molecule has 0 saturated heterocycles. The Kier molecular flexibility index (Phi) is 7.06. The van der Waals surface area contributed by atoms with Gasteiger partial charge in [0.15, 0.2) is 0 Å². The van der Waals surface area contributed by atoms with Crippen molar-refractivity contribution in [2.45, 2.75) is 39.7 Å². The molecule has 7 nitrogen and oxygen atoms in total. The van der Waals surface area contributed by atoms with Crippen molar-refractivity contribution in [2.24, 2.45) is 0 Å². The Hall–Kier alpha value is -3.35. The zero-order chi connectivity index (χ0) is 21.5. The smallest absolute Gasteiger partial charge is 0.220 e. The largest absolute Gasteiger partial charge is 0.481 e. The van der Waals surface area contributed by atoms with Gasteiger partial charge >= 0.3 is 0 Å². The first-order valence-electron chi connectivity index (χ1n) is 10.2. The Labute approximate surface area is 176 Å². The van der Waals surface area contributed by atoms with Crippen LogP contribution in [0.3, 0.4) is 0 Å². The average molecular weight is 409 g/mol. The summed E-state index contributed by atoms with van der Waals surface area (Å²) in [5.41, 5.74) is 5.82. The van der Waals surface area contributed by atoms with E-state index in [0.717, 1.165) is 39.8 Å². The molecule has 0 spiro atoms. The second-order valence-corrected chi connectivity index (χ2v) is 7.18. The van der Waals surface area contributed by atoms with Gasteiger partial charge in [-0.3, -0.25) is 9.59 Å². The minimum Gasteiger partial charge on any atom is -0.481 e. The Morgan fingerprint density at radius 2 is 1.87 bits per heavy atom. The van der Waals surface area contributed by atoms with Gasteiger partial charge in [-0.1, -0.05) is 31.2 Å². The SMILES string of the molecule is CCCC(=O)NCc1ccc(-c2[nH]c3ccc(OC)nc3c2CCNC(C)=O)cc1. The van der Waals surface area contributed by atoms with Crippen molar-refractivity contribution in [1.82, 2.24) is 20.6 Å². The molecule has 0 bridgehead atoms. The van der Waals surface area contributed by atoms with Gasteiger partial charge in [0.2, 0.25) is 17.7 Å². The number of fused-ring (bicyclic) bond motifs is 1. The molecule has 158 valence electrons. The third kappa shape index (κ3) is 5.17. The van der Waals surface area contributed by atoms with Crippen LogP contribution >= 0.6 is 0 Å². The van der Waals surface area contributed by atoms with E-state index in [4.69, 9.17) is 4.74 Å². The summed E-state index contributed by atoms with van der Waals surface area (Å²) in [6.45, 7) is 4.54. The Balaban J connectivity index is 1.88. The summed E-state index contributed by atoms with van der Waals surface area (Å²) < 4.78 is 5.28. The number of aromatic nitrogens is 2. The van der Waals surface area contributed by atoms with Gasteiger partial charge in [0.05, 0.1) is 23.8 Å². The van der Waals surface area contributed by atoms with E-state index in [2.05, 4.69) is 20.6 Å². The lowest BCUT2D eigenvalue weighted by molar-refractivity contribution is -0.121. The van der Waals surface area contributed by atoms with Crippen LogP contribution in [0.1, 0.15) is 37.8 Å². The standard InChI is InChI=1S/C23H28N4O3/c1-4-5-20(29)25-14-16-6-8-17(9-7-16)22-18(12-13-24-15(2)28)23-19(26-22)10-11-21(27-23)30-3/h6-11,26H,4-5,12-14H2,1-3H3,(H,24,28)(H,25,29). The molecule has 30 heavy (non-hydrogen) atoms. The Bertz CT molecular complexity index is 1020. The normalized spacial score (nSPS) is 10.8. The molecule has 7 heteroatoms. The van der Waals surface area contributed by atoms with Gasteiger partial charge in [0.1, 0.15) is 0 Å². The summed E-state index contributed by atoms with van der Waals surface area (Å²) in [7, 11) is 1.59. The molecule has 2 aromatic heterocycles. The fraction of sp³-hybridized carbons (Fsp3) is 0.348. The van der Waals surface area contributed by atoms with E-state index in [0.29, 0.717) is 31.8 Å². The predicted molar refractivity (Wildman–Crippen MR) is 117 cm³/mol. The highest BCUT2D eigenvalue weighted by molar-refractivity contribution is 5.88. The molecule has 0 atom stereocenters. The van der Waals surface area contributed by atoms with Gasteiger partial charge in [-0.2, -0.15) is 0 Å². The fourth-order valence-electron chi connectivity index (χ4n) is 3.37. The van der Waals surface area contributed by atoms with Gasteiger partial charge in [0, 0.05) is 38.1 Å². The maximum Gasteiger partial charge on any atom is 0.220 e. The molecular formula is C23H28N4O3. The molecule has 1 aromatic carbocycles. The van der Waals surface area contributed by atoms with Crippen molar-refractivity contribution >= 4 is 22.8 Å².